The Morgan fingerprint density at radius 2 is 2.00 bits per heavy atom. The zero-order chi connectivity index (χ0) is 11.3. The van der Waals surface area contributed by atoms with E-state index in [4.69, 9.17) is 5.73 Å². The van der Waals surface area contributed by atoms with Crippen LogP contribution in [0.4, 0.5) is 10.1 Å². The Morgan fingerprint density at radius 3 is 2.60 bits per heavy atom. The van der Waals surface area contributed by atoms with E-state index in [0.717, 1.165) is 25.8 Å². The maximum atomic E-state index is 13.3. The maximum Gasteiger partial charge on any atom is 0.146 e. The van der Waals surface area contributed by atoms with Gasteiger partial charge in [-0.05, 0) is 43.5 Å². The third-order valence-electron chi connectivity index (χ3n) is 2.41. The van der Waals surface area contributed by atoms with Crippen molar-refractivity contribution in [2.24, 2.45) is 5.73 Å². The van der Waals surface area contributed by atoms with Crippen LogP contribution in [-0.2, 0) is 6.42 Å². The summed E-state index contributed by atoms with van der Waals surface area (Å²) in [6.07, 6.45) is 3.06. The smallest absolute Gasteiger partial charge is 0.146 e. The Bertz CT molecular complexity index is 310. The van der Waals surface area contributed by atoms with Crippen LogP contribution < -0.4 is 10.6 Å². The Kier molecular flexibility index (Phi) is 4.56. The lowest BCUT2D eigenvalue weighted by molar-refractivity contribution is 0.624. The van der Waals surface area contributed by atoms with Crippen LogP contribution in [0.15, 0.2) is 18.2 Å². The molecule has 0 unspecified atom stereocenters. The van der Waals surface area contributed by atoms with Crippen molar-refractivity contribution < 1.29 is 4.39 Å². The van der Waals surface area contributed by atoms with Gasteiger partial charge in [0.15, 0.2) is 0 Å². The number of nitrogens with zero attached hydrogens (tertiary/aromatic N) is 1. The average molecular weight is 210 g/mol. The zero-order valence-electron chi connectivity index (χ0n) is 9.46. The fraction of sp³-hybridized carbons (Fsp3) is 0.500. The molecule has 1 aromatic carbocycles. The van der Waals surface area contributed by atoms with Gasteiger partial charge in [0.25, 0.3) is 0 Å². The third-order valence-corrected chi connectivity index (χ3v) is 2.41. The van der Waals surface area contributed by atoms with Gasteiger partial charge in [-0.25, -0.2) is 4.39 Å². The number of anilines is 1. The first-order chi connectivity index (χ1) is 7.15. The van der Waals surface area contributed by atoms with Crippen molar-refractivity contribution in [3.8, 4) is 0 Å². The van der Waals surface area contributed by atoms with Crippen molar-refractivity contribution in [3.05, 3.63) is 29.6 Å². The lowest BCUT2D eigenvalue weighted by atomic mass is 10.1. The number of unbranched alkanes of at least 4 members (excludes halogenated alkanes) is 1. The highest BCUT2D eigenvalue weighted by molar-refractivity contribution is 5.48. The van der Waals surface area contributed by atoms with Gasteiger partial charge in [0.2, 0.25) is 0 Å². The minimum Gasteiger partial charge on any atom is -0.375 e. The molecule has 0 saturated carbocycles. The number of hydrogen-bond donors (Lipinski definition) is 1. The van der Waals surface area contributed by atoms with Crippen LogP contribution in [0, 0.1) is 5.82 Å². The van der Waals surface area contributed by atoms with Crippen LogP contribution in [-0.4, -0.2) is 20.6 Å². The van der Waals surface area contributed by atoms with Gasteiger partial charge in [-0.1, -0.05) is 6.07 Å². The zero-order valence-corrected chi connectivity index (χ0v) is 9.46. The summed E-state index contributed by atoms with van der Waals surface area (Å²) in [5.74, 6) is -0.164. The predicted octanol–water partition coefficient (Wildman–Crippen LogP) is 2.17. The number of halogens is 1. The number of aryl methyl sites for hydroxylation is 1. The number of nitrogens with two attached hydrogens (primary N) is 1. The van der Waals surface area contributed by atoms with E-state index >= 15 is 0 Å². The van der Waals surface area contributed by atoms with Gasteiger partial charge in [-0.2, -0.15) is 0 Å². The van der Waals surface area contributed by atoms with Crippen LogP contribution in [0.5, 0.6) is 0 Å². The van der Waals surface area contributed by atoms with Crippen molar-refractivity contribution in [3.63, 3.8) is 0 Å². The van der Waals surface area contributed by atoms with Crippen LogP contribution >= 0.6 is 0 Å². The summed E-state index contributed by atoms with van der Waals surface area (Å²) < 4.78 is 13.3. The summed E-state index contributed by atoms with van der Waals surface area (Å²) in [5.41, 5.74) is 7.25. The molecule has 0 aliphatic rings. The summed E-state index contributed by atoms with van der Waals surface area (Å²) in [5, 5.41) is 0. The molecule has 0 aliphatic heterocycles. The average Bonchev–Trinajstić information content (AvgIpc) is 2.20. The summed E-state index contributed by atoms with van der Waals surface area (Å²) in [7, 11) is 3.70. The first-order valence-electron chi connectivity index (χ1n) is 5.31. The fourth-order valence-electron chi connectivity index (χ4n) is 1.53. The maximum absolute atomic E-state index is 13.3. The minimum absolute atomic E-state index is 0.164. The molecule has 84 valence electrons. The molecule has 0 radical (unpaired) electrons. The number of benzene rings is 1. The lowest BCUT2D eigenvalue weighted by Gasteiger charge is -2.14. The van der Waals surface area contributed by atoms with Crippen molar-refractivity contribution in [1.29, 1.82) is 0 Å². The predicted molar refractivity (Wildman–Crippen MR) is 62.7 cm³/mol. The molecule has 15 heavy (non-hydrogen) atoms. The van der Waals surface area contributed by atoms with Gasteiger partial charge < -0.3 is 10.6 Å². The molecule has 0 atom stereocenters. The first kappa shape index (κ1) is 12.0. The van der Waals surface area contributed by atoms with E-state index in [-0.39, 0.29) is 5.82 Å². The van der Waals surface area contributed by atoms with Gasteiger partial charge in [0.1, 0.15) is 5.82 Å². The molecular weight excluding hydrogens is 191 g/mol. The molecule has 0 fully saturated rings. The standard InChI is InChI=1S/C12H19FN2/c1-15(2)12-9-10(5-3-4-8-14)6-7-11(12)13/h6-7,9H,3-5,8,14H2,1-2H3. The lowest BCUT2D eigenvalue weighted by Crippen LogP contribution is -2.11. The minimum atomic E-state index is -0.164. The van der Waals surface area contributed by atoms with Crippen LogP contribution in [0.2, 0.25) is 0 Å². The quantitative estimate of drug-likeness (QED) is 0.755. The molecule has 0 saturated heterocycles. The van der Waals surface area contributed by atoms with Gasteiger partial charge in [-0.3, -0.25) is 0 Å². The largest absolute Gasteiger partial charge is 0.375 e. The summed E-state index contributed by atoms with van der Waals surface area (Å²) in [6, 6.07) is 5.29. The summed E-state index contributed by atoms with van der Waals surface area (Å²) in [4.78, 5) is 1.79. The van der Waals surface area contributed by atoms with Gasteiger partial charge in [0.05, 0.1) is 5.69 Å². The molecule has 0 bridgehead atoms. The molecule has 1 rings (SSSR count). The molecule has 0 spiro atoms. The van der Waals surface area contributed by atoms with Crippen molar-refractivity contribution >= 4 is 5.69 Å². The third kappa shape index (κ3) is 3.51. The first-order valence-corrected chi connectivity index (χ1v) is 5.31. The molecule has 0 heterocycles. The Labute approximate surface area is 90.9 Å². The Hall–Kier alpha value is -1.09. The molecule has 1 aromatic rings. The van der Waals surface area contributed by atoms with E-state index in [1.807, 2.05) is 26.2 Å². The van der Waals surface area contributed by atoms with Crippen LogP contribution in [0.25, 0.3) is 0 Å². The molecule has 2 N–H and O–H groups in total. The highest BCUT2D eigenvalue weighted by Crippen LogP contribution is 2.19. The van der Waals surface area contributed by atoms with E-state index in [0.29, 0.717) is 5.69 Å². The van der Waals surface area contributed by atoms with E-state index in [1.54, 1.807) is 4.90 Å². The Morgan fingerprint density at radius 1 is 1.27 bits per heavy atom. The monoisotopic (exact) mass is 210 g/mol. The molecule has 0 aliphatic carbocycles. The SMILES string of the molecule is CN(C)c1cc(CCCCN)ccc1F. The molecule has 0 amide bonds. The molecule has 3 heteroatoms. The fourth-order valence-corrected chi connectivity index (χ4v) is 1.53. The van der Waals surface area contributed by atoms with Gasteiger partial charge in [-0.15, -0.1) is 0 Å². The molecular formula is C12H19FN2. The van der Waals surface area contributed by atoms with E-state index in [1.165, 1.54) is 11.6 Å². The van der Waals surface area contributed by atoms with Crippen molar-refractivity contribution in [2.75, 3.05) is 25.5 Å². The van der Waals surface area contributed by atoms with Gasteiger partial charge >= 0.3 is 0 Å². The van der Waals surface area contributed by atoms with Gasteiger partial charge in [0, 0.05) is 14.1 Å². The number of hydrogen-bond acceptors (Lipinski definition) is 2. The second-order valence-corrected chi connectivity index (χ2v) is 3.93. The van der Waals surface area contributed by atoms with Crippen molar-refractivity contribution in [1.82, 2.24) is 0 Å². The normalized spacial score (nSPS) is 10.4. The second kappa shape index (κ2) is 5.71. The molecule has 2 nitrogen and oxygen atoms in total. The highest BCUT2D eigenvalue weighted by Gasteiger charge is 2.04. The Balaban J connectivity index is 2.70. The van der Waals surface area contributed by atoms with E-state index in [9.17, 15) is 4.39 Å². The summed E-state index contributed by atoms with van der Waals surface area (Å²) >= 11 is 0. The van der Waals surface area contributed by atoms with Crippen LogP contribution in [0.3, 0.4) is 0 Å². The second-order valence-electron chi connectivity index (χ2n) is 3.93. The highest BCUT2D eigenvalue weighted by atomic mass is 19.1. The number of rotatable bonds is 5. The topological polar surface area (TPSA) is 29.3 Å². The van der Waals surface area contributed by atoms with Crippen molar-refractivity contribution in [2.45, 2.75) is 19.3 Å². The molecule has 0 aromatic heterocycles. The van der Waals surface area contributed by atoms with E-state index < -0.39 is 0 Å². The van der Waals surface area contributed by atoms with Crippen LogP contribution in [0.1, 0.15) is 18.4 Å². The van der Waals surface area contributed by atoms with E-state index in [2.05, 4.69) is 0 Å². The summed E-state index contributed by atoms with van der Waals surface area (Å²) in [6.45, 7) is 0.724.